The molecule has 0 saturated carbocycles. The Kier molecular flexibility index (Phi) is 6.15. The van der Waals surface area contributed by atoms with Gasteiger partial charge in [-0.3, -0.25) is 0 Å². The van der Waals surface area contributed by atoms with E-state index in [0.717, 1.165) is 12.1 Å². The van der Waals surface area contributed by atoms with Crippen LogP contribution in [0.15, 0.2) is 60.1 Å². The van der Waals surface area contributed by atoms with Gasteiger partial charge in [0.15, 0.2) is 0 Å². The van der Waals surface area contributed by atoms with Crippen molar-refractivity contribution in [2.75, 3.05) is 0 Å². The SMILES string of the molecule is FC(F)=[C](F)[Sn]([C](F)=C(F)F)([C](F)=C(F)F)[c]1ccccc1. The van der Waals surface area contributed by atoms with Crippen LogP contribution in [0.25, 0.3) is 0 Å². The molecule has 0 unspecified atom stereocenters. The van der Waals surface area contributed by atoms with Gasteiger partial charge in [-0.05, 0) is 0 Å². The molecule has 0 N–H and O–H groups in total. The first kappa shape index (κ1) is 18.7. The van der Waals surface area contributed by atoms with Crippen molar-refractivity contribution in [2.24, 2.45) is 0 Å². The van der Waals surface area contributed by atoms with Crippen molar-refractivity contribution in [1.29, 1.82) is 0 Å². The summed E-state index contributed by atoms with van der Waals surface area (Å²) in [4.78, 5) is 0. The first-order valence-electron chi connectivity index (χ1n) is 5.36. The van der Waals surface area contributed by atoms with Crippen molar-refractivity contribution in [3.05, 3.63) is 60.1 Å². The van der Waals surface area contributed by atoms with Crippen molar-refractivity contribution in [3.63, 3.8) is 0 Å². The molecular weight excluding hydrogens is 434 g/mol. The number of hydrogen-bond acceptors (Lipinski definition) is 0. The fraction of sp³-hybridized carbons (Fsp3) is 0. The normalized spacial score (nSPS) is 11.0. The van der Waals surface area contributed by atoms with E-state index in [1.54, 1.807) is 0 Å². The Morgan fingerprint density at radius 1 is 0.545 bits per heavy atom. The molecule has 1 aromatic carbocycles. The van der Waals surface area contributed by atoms with Crippen molar-refractivity contribution in [1.82, 2.24) is 0 Å². The van der Waals surface area contributed by atoms with Gasteiger partial charge < -0.3 is 0 Å². The molecule has 1 aromatic rings. The monoisotopic (exact) mass is 440 g/mol. The van der Waals surface area contributed by atoms with E-state index in [0.29, 0.717) is 12.1 Å². The Morgan fingerprint density at radius 2 is 0.864 bits per heavy atom. The Morgan fingerprint density at radius 3 is 1.14 bits per heavy atom. The summed E-state index contributed by atoms with van der Waals surface area (Å²) < 4.78 is 107. The van der Waals surface area contributed by atoms with Gasteiger partial charge in [-0.2, -0.15) is 0 Å². The van der Waals surface area contributed by atoms with E-state index < -0.39 is 51.7 Å². The van der Waals surface area contributed by atoms with Gasteiger partial charge in [-0.15, -0.1) is 0 Å². The van der Waals surface area contributed by atoms with Gasteiger partial charge in [0.05, 0.1) is 0 Å². The number of halogens is 9. The zero-order chi connectivity index (χ0) is 17.1. The van der Waals surface area contributed by atoms with Gasteiger partial charge in [-0.1, -0.05) is 0 Å². The zero-order valence-electron chi connectivity index (χ0n) is 10.3. The number of benzene rings is 1. The van der Waals surface area contributed by atoms with Crippen molar-refractivity contribution in [3.8, 4) is 0 Å². The van der Waals surface area contributed by atoms with Crippen LogP contribution in [-0.2, 0) is 0 Å². The van der Waals surface area contributed by atoms with Crippen LogP contribution in [0.1, 0.15) is 0 Å². The predicted molar refractivity (Wildman–Crippen MR) is 62.9 cm³/mol. The molecule has 0 spiro atoms. The third-order valence-corrected chi connectivity index (χ3v) is 13.4. The summed E-state index contributed by atoms with van der Waals surface area (Å²) >= 11 is -7.26. The quantitative estimate of drug-likeness (QED) is 0.448. The van der Waals surface area contributed by atoms with E-state index >= 15 is 0 Å². The third-order valence-electron chi connectivity index (χ3n) is 2.69. The standard InChI is InChI=1S/C6H5.3C2F3.Sn/c1-2-4-6-5-3-1;3*3-1-2(4)5;/h1-5H;;;;. The second-order valence-corrected chi connectivity index (χ2v) is 13.5. The number of rotatable bonds is 4. The maximum absolute atomic E-state index is 13.8. The van der Waals surface area contributed by atoms with E-state index in [-0.39, 0.29) is 0 Å². The second kappa shape index (κ2) is 7.25. The molecule has 22 heavy (non-hydrogen) atoms. The van der Waals surface area contributed by atoms with Gasteiger partial charge in [-0.25, -0.2) is 0 Å². The van der Waals surface area contributed by atoms with E-state index in [1.165, 1.54) is 6.07 Å². The van der Waals surface area contributed by atoms with Gasteiger partial charge in [0, 0.05) is 0 Å². The summed E-state index contributed by atoms with van der Waals surface area (Å²) in [5.74, 6) is 0. The topological polar surface area (TPSA) is 0 Å². The van der Waals surface area contributed by atoms with Crippen LogP contribution in [0, 0.1) is 0 Å². The van der Waals surface area contributed by atoms with Gasteiger partial charge in [0.25, 0.3) is 0 Å². The van der Waals surface area contributed by atoms with Crippen LogP contribution in [0.4, 0.5) is 39.5 Å². The molecule has 0 atom stereocenters. The molecule has 0 amide bonds. The maximum atomic E-state index is 13.8. The molecule has 0 aliphatic carbocycles. The fourth-order valence-corrected chi connectivity index (χ4v) is 10.0. The molecule has 0 radical (unpaired) electrons. The van der Waals surface area contributed by atoms with Crippen molar-refractivity contribution >= 4 is 22.0 Å². The second-order valence-electron chi connectivity index (χ2n) is 3.84. The Labute approximate surface area is 122 Å². The molecule has 0 saturated heterocycles. The van der Waals surface area contributed by atoms with Crippen LogP contribution in [0.2, 0.25) is 0 Å². The zero-order valence-corrected chi connectivity index (χ0v) is 13.1. The van der Waals surface area contributed by atoms with Crippen LogP contribution >= 0.6 is 0 Å². The van der Waals surface area contributed by atoms with Crippen LogP contribution in [0.3, 0.4) is 0 Å². The molecular formula is C12H5F9Sn. The average Bonchev–Trinajstić information content (AvgIpc) is 2.48. The summed E-state index contributed by atoms with van der Waals surface area (Å²) in [5, 5.41) is 0. The molecule has 1 rings (SSSR count). The summed E-state index contributed by atoms with van der Waals surface area (Å²) in [5.41, 5.74) is 0. The molecule has 0 aliphatic heterocycles. The molecule has 120 valence electrons. The molecule has 0 bridgehead atoms. The van der Waals surface area contributed by atoms with E-state index in [4.69, 9.17) is 0 Å². The molecule has 10 heteroatoms. The van der Waals surface area contributed by atoms with Crippen LogP contribution < -0.4 is 3.58 Å². The first-order chi connectivity index (χ1) is 10.2. The summed E-state index contributed by atoms with van der Waals surface area (Å²) in [7, 11) is 0. The first-order valence-corrected chi connectivity index (χ1v) is 11.1. The summed E-state index contributed by atoms with van der Waals surface area (Å²) in [6.45, 7) is 0. The molecule has 0 fully saturated rings. The molecule has 0 aliphatic rings. The van der Waals surface area contributed by atoms with Crippen molar-refractivity contribution in [2.45, 2.75) is 0 Å². The van der Waals surface area contributed by atoms with Crippen LogP contribution in [0.5, 0.6) is 0 Å². The number of hydrogen-bond donors (Lipinski definition) is 0. The molecule has 0 heterocycles. The summed E-state index contributed by atoms with van der Waals surface area (Å²) in [6.07, 6.45) is -9.98. The molecule has 0 aromatic heterocycles. The Hall–Kier alpha value is -1.39. The van der Waals surface area contributed by atoms with E-state index in [2.05, 4.69) is 0 Å². The van der Waals surface area contributed by atoms with Gasteiger partial charge >= 0.3 is 122 Å². The predicted octanol–water partition coefficient (Wildman–Crippen LogP) is 5.19. The Balaban J connectivity index is 4.04. The van der Waals surface area contributed by atoms with Gasteiger partial charge in [0.2, 0.25) is 0 Å². The van der Waals surface area contributed by atoms with Crippen LogP contribution in [-0.4, -0.2) is 18.4 Å². The molecule has 0 nitrogen and oxygen atoms in total. The van der Waals surface area contributed by atoms with Crippen molar-refractivity contribution < 1.29 is 39.5 Å². The van der Waals surface area contributed by atoms with Gasteiger partial charge in [0.1, 0.15) is 0 Å². The van der Waals surface area contributed by atoms with E-state index in [1.807, 2.05) is 0 Å². The van der Waals surface area contributed by atoms with E-state index in [9.17, 15) is 39.5 Å². The average molecular weight is 439 g/mol. The Bertz CT molecular complexity index is 576. The minimum absolute atomic E-state index is 0.643. The third kappa shape index (κ3) is 3.18. The summed E-state index contributed by atoms with van der Waals surface area (Å²) in [6, 6.07) is 4.43. The fourth-order valence-electron chi connectivity index (χ4n) is 1.78. The minimum atomic E-state index is -7.26.